The quantitative estimate of drug-likeness (QED) is 0.789. The van der Waals surface area contributed by atoms with Crippen molar-refractivity contribution in [2.45, 2.75) is 18.9 Å². The summed E-state index contributed by atoms with van der Waals surface area (Å²) in [6, 6.07) is 6.95. The lowest BCUT2D eigenvalue weighted by molar-refractivity contribution is 0.00168. The van der Waals surface area contributed by atoms with E-state index in [1.807, 2.05) is 0 Å². The summed E-state index contributed by atoms with van der Waals surface area (Å²) < 4.78 is 11.0. The van der Waals surface area contributed by atoms with Crippen LogP contribution in [0.25, 0.3) is 0 Å². The zero-order valence-corrected chi connectivity index (χ0v) is 11.9. The molecule has 0 saturated carbocycles. The molecule has 1 aromatic carbocycles. The van der Waals surface area contributed by atoms with Crippen molar-refractivity contribution in [2.24, 2.45) is 0 Å². The van der Waals surface area contributed by atoms with Crippen molar-refractivity contribution >= 4 is 11.6 Å². The second kappa shape index (κ2) is 6.12. The molecule has 3 rings (SSSR count). The van der Waals surface area contributed by atoms with Crippen LogP contribution in [0.5, 0.6) is 5.75 Å². The second-order valence-corrected chi connectivity index (χ2v) is 5.52. The van der Waals surface area contributed by atoms with Gasteiger partial charge in [0.25, 0.3) is 0 Å². The predicted molar refractivity (Wildman–Crippen MR) is 76.2 cm³/mol. The van der Waals surface area contributed by atoms with Gasteiger partial charge in [0, 0.05) is 31.4 Å². The third-order valence-corrected chi connectivity index (χ3v) is 4.33. The Kier molecular flexibility index (Phi) is 4.26. The highest BCUT2D eigenvalue weighted by atomic mass is 35.5. The first kappa shape index (κ1) is 13.2. The van der Waals surface area contributed by atoms with Gasteiger partial charge in [0.15, 0.2) is 0 Å². The monoisotopic (exact) mass is 281 g/mol. The maximum atomic E-state index is 6.00. The molecule has 0 aromatic heterocycles. The molecular formula is C15H20ClNO2. The molecule has 2 aliphatic heterocycles. The Bertz CT molecular complexity index is 438. The van der Waals surface area contributed by atoms with Crippen molar-refractivity contribution in [2.75, 3.05) is 38.8 Å². The van der Waals surface area contributed by atoms with E-state index < -0.39 is 0 Å². The maximum absolute atomic E-state index is 6.00. The second-order valence-electron chi connectivity index (χ2n) is 5.21. The number of hydrogen-bond acceptors (Lipinski definition) is 3. The molecule has 3 nitrogen and oxygen atoms in total. The van der Waals surface area contributed by atoms with Crippen LogP contribution in [0, 0.1) is 0 Å². The molecule has 104 valence electrons. The van der Waals surface area contributed by atoms with Crippen molar-refractivity contribution in [3.8, 4) is 5.75 Å². The molecule has 0 amide bonds. The minimum Gasteiger partial charge on any atom is -0.493 e. The van der Waals surface area contributed by atoms with Crippen molar-refractivity contribution in [3.05, 3.63) is 29.3 Å². The predicted octanol–water partition coefficient (Wildman–Crippen LogP) is 2.10. The molecule has 1 saturated heterocycles. The number of hydrogen-bond donors (Lipinski definition) is 0. The molecule has 1 atom stereocenters. The average molecular weight is 282 g/mol. The fourth-order valence-electron chi connectivity index (χ4n) is 2.79. The highest BCUT2D eigenvalue weighted by Crippen LogP contribution is 2.26. The highest BCUT2D eigenvalue weighted by Gasteiger charge is 2.21. The van der Waals surface area contributed by atoms with Crippen LogP contribution in [0.2, 0.25) is 0 Å². The Morgan fingerprint density at radius 3 is 3.16 bits per heavy atom. The number of halogens is 1. The average Bonchev–Trinajstić information content (AvgIpc) is 2.93. The molecule has 0 N–H and O–H groups in total. The summed E-state index contributed by atoms with van der Waals surface area (Å²) >= 11 is 6.00. The lowest BCUT2D eigenvalue weighted by Gasteiger charge is -2.34. The lowest BCUT2D eigenvalue weighted by Crippen LogP contribution is -2.47. The Morgan fingerprint density at radius 2 is 2.26 bits per heavy atom. The van der Waals surface area contributed by atoms with Gasteiger partial charge < -0.3 is 9.47 Å². The van der Waals surface area contributed by atoms with Crippen molar-refractivity contribution in [1.82, 2.24) is 4.90 Å². The molecule has 0 bridgehead atoms. The number of benzene rings is 1. The van der Waals surface area contributed by atoms with Crippen LogP contribution in [0.3, 0.4) is 0 Å². The van der Waals surface area contributed by atoms with E-state index in [1.54, 1.807) is 0 Å². The van der Waals surface area contributed by atoms with Crippen LogP contribution >= 0.6 is 11.6 Å². The normalized spacial score (nSPS) is 23.1. The van der Waals surface area contributed by atoms with Gasteiger partial charge in [-0.2, -0.15) is 0 Å². The van der Waals surface area contributed by atoms with E-state index in [4.69, 9.17) is 21.1 Å². The summed E-state index contributed by atoms with van der Waals surface area (Å²) in [5.74, 6) is 1.71. The fraction of sp³-hybridized carbons (Fsp3) is 0.600. The molecule has 4 heteroatoms. The minimum absolute atomic E-state index is 0.369. The summed E-state index contributed by atoms with van der Waals surface area (Å²) in [5.41, 5.74) is 2.75. The smallest absolute Gasteiger partial charge is 0.122 e. The molecule has 1 unspecified atom stereocenters. The zero-order chi connectivity index (χ0) is 13.1. The van der Waals surface area contributed by atoms with Gasteiger partial charge in [-0.1, -0.05) is 12.1 Å². The Morgan fingerprint density at radius 1 is 1.32 bits per heavy atom. The molecule has 2 heterocycles. The Balaban J connectivity index is 1.59. The van der Waals surface area contributed by atoms with Crippen LogP contribution in [0.1, 0.15) is 11.1 Å². The number of ether oxygens (including phenoxy) is 2. The number of fused-ring (bicyclic) bond motifs is 1. The van der Waals surface area contributed by atoms with Crippen LogP contribution in [-0.2, 0) is 17.6 Å². The van der Waals surface area contributed by atoms with E-state index >= 15 is 0 Å². The molecule has 19 heavy (non-hydrogen) atoms. The molecule has 0 aliphatic carbocycles. The van der Waals surface area contributed by atoms with E-state index in [0.717, 1.165) is 51.5 Å². The molecule has 2 aliphatic rings. The molecule has 0 spiro atoms. The minimum atomic E-state index is 0.369. The van der Waals surface area contributed by atoms with Crippen LogP contribution in [0.4, 0.5) is 0 Å². The van der Waals surface area contributed by atoms with Gasteiger partial charge in [-0.3, -0.25) is 4.90 Å². The number of nitrogens with zero attached hydrogens (tertiary/aromatic N) is 1. The largest absolute Gasteiger partial charge is 0.493 e. The van der Waals surface area contributed by atoms with Crippen molar-refractivity contribution in [3.63, 3.8) is 0 Å². The Hall–Kier alpha value is -0.770. The van der Waals surface area contributed by atoms with Crippen molar-refractivity contribution < 1.29 is 9.47 Å². The van der Waals surface area contributed by atoms with Gasteiger partial charge in [-0.25, -0.2) is 0 Å². The number of rotatable bonds is 4. The summed E-state index contributed by atoms with van der Waals surface area (Å²) in [7, 11) is 0. The Labute approximate surface area is 119 Å². The molecule has 1 fully saturated rings. The summed E-state index contributed by atoms with van der Waals surface area (Å²) in [6.45, 7) is 4.47. The number of alkyl halides is 1. The third-order valence-electron chi connectivity index (χ3n) is 3.97. The summed E-state index contributed by atoms with van der Waals surface area (Å²) in [6.07, 6.45) is 2.12. The van der Waals surface area contributed by atoms with Crippen molar-refractivity contribution in [1.29, 1.82) is 0 Å². The van der Waals surface area contributed by atoms with E-state index in [-0.39, 0.29) is 0 Å². The van der Waals surface area contributed by atoms with E-state index in [0.29, 0.717) is 11.9 Å². The molecule has 1 aromatic rings. The zero-order valence-electron chi connectivity index (χ0n) is 11.1. The summed E-state index contributed by atoms with van der Waals surface area (Å²) in [5, 5.41) is 0. The van der Waals surface area contributed by atoms with Gasteiger partial charge >= 0.3 is 0 Å². The van der Waals surface area contributed by atoms with Crippen LogP contribution in [0.15, 0.2) is 18.2 Å². The first-order chi connectivity index (χ1) is 9.36. The standard InChI is InChI=1S/C15H20ClNO2/c16-10-14-11-18-8-6-17(14)5-3-12-1-2-15-13(9-12)4-7-19-15/h1-2,9,14H,3-8,10-11H2. The summed E-state index contributed by atoms with van der Waals surface area (Å²) in [4.78, 5) is 2.44. The molecular weight excluding hydrogens is 262 g/mol. The SMILES string of the molecule is ClCC1COCCN1CCc1ccc2c(c1)CCO2. The van der Waals surface area contributed by atoms with E-state index in [9.17, 15) is 0 Å². The van der Waals surface area contributed by atoms with Gasteiger partial charge in [0.1, 0.15) is 5.75 Å². The molecule has 0 radical (unpaired) electrons. The first-order valence-electron chi connectivity index (χ1n) is 6.99. The lowest BCUT2D eigenvalue weighted by atomic mass is 10.1. The first-order valence-corrected chi connectivity index (χ1v) is 7.52. The highest BCUT2D eigenvalue weighted by molar-refractivity contribution is 6.18. The van der Waals surface area contributed by atoms with E-state index in [1.165, 1.54) is 11.1 Å². The number of morpholine rings is 1. The van der Waals surface area contributed by atoms with Gasteiger partial charge in [0.05, 0.1) is 19.8 Å². The fourth-order valence-corrected chi connectivity index (χ4v) is 3.08. The topological polar surface area (TPSA) is 21.7 Å². The van der Waals surface area contributed by atoms with Gasteiger partial charge in [0.2, 0.25) is 0 Å². The van der Waals surface area contributed by atoms with Crippen LogP contribution in [-0.4, -0.2) is 49.7 Å². The van der Waals surface area contributed by atoms with Gasteiger partial charge in [-0.15, -0.1) is 11.6 Å². The van der Waals surface area contributed by atoms with E-state index in [2.05, 4.69) is 23.1 Å². The van der Waals surface area contributed by atoms with Crippen LogP contribution < -0.4 is 4.74 Å². The van der Waals surface area contributed by atoms with Gasteiger partial charge in [-0.05, 0) is 23.6 Å². The maximum Gasteiger partial charge on any atom is 0.122 e. The third kappa shape index (κ3) is 3.04.